The monoisotopic (exact) mass is 150 g/mol. The molecular weight excluding hydrogens is 140 g/mol. The second kappa shape index (κ2) is 3.29. The Labute approximate surface area is 56.8 Å². The fourth-order valence-corrected chi connectivity index (χ4v) is 1.45. The minimum Gasteiger partial charge on any atom is -0.353 e. The predicted octanol–water partition coefficient (Wildman–Crippen LogP) is -0.262. The number of ether oxygens (including phenoxy) is 2. The van der Waals surface area contributed by atoms with Gasteiger partial charge >= 0.3 is 0 Å². The molecule has 1 rings (SSSR count). The largest absolute Gasteiger partial charge is 0.353 e. The van der Waals surface area contributed by atoms with Crippen molar-refractivity contribution in [3.05, 3.63) is 0 Å². The molecule has 0 aromatic heterocycles. The average molecular weight is 150 g/mol. The lowest BCUT2D eigenvalue weighted by Gasteiger charge is -2.01. The molecule has 0 aromatic carbocycles. The van der Waals surface area contributed by atoms with E-state index in [9.17, 15) is 4.21 Å². The summed E-state index contributed by atoms with van der Waals surface area (Å²) in [5.74, 6) is 0.597. The van der Waals surface area contributed by atoms with Gasteiger partial charge in [-0.15, -0.1) is 0 Å². The maximum atomic E-state index is 10.6. The molecule has 2 atom stereocenters. The van der Waals surface area contributed by atoms with Crippen molar-refractivity contribution in [2.24, 2.45) is 0 Å². The summed E-state index contributed by atoms with van der Waals surface area (Å²) in [5.41, 5.74) is 0. The lowest BCUT2D eigenvalue weighted by Crippen LogP contribution is -2.17. The van der Waals surface area contributed by atoms with Crippen molar-refractivity contribution in [3.8, 4) is 0 Å². The van der Waals surface area contributed by atoms with Crippen LogP contribution in [0.1, 0.15) is 0 Å². The maximum absolute atomic E-state index is 10.6. The van der Waals surface area contributed by atoms with E-state index in [0.717, 1.165) is 0 Å². The van der Waals surface area contributed by atoms with E-state index in [-0.39, 0.29) is 6.10 Å². The van der Waals surface area contributed by atoms with E-state index in [1.54, 1.807) is 6.26 Å². The Bertz CT molecular complexity index is 109. The van der Waals surface area contributed by atoms with Gasteiger partial charge in [-0.3, -0.25) is 4.21 Å². The SMILES string of the molecule is CS(=O)CC1COCO1. The molecule has 54 valence electrons. The van der Waals surface area contributed by atoms with Gasteiger partial charge in [-0.25, -0.2) is 0 Å². The van der Waals surface area contributed by atoms with Gasteiger partial charge in [0.15, 0.2) is 0 Å². The smallest absolute Gasteiger partial charge is 0.147 e. The number of hydrogen-bond acceptors (Lipinski definition) is 3. The quantitative estimate of drug-likeness (QED) is 0.544. The Morgan fingerprint density at radius 3 is 3.00 bits per heavy atom. The molecule has 0 N–H and O–H groups in total. The van der Waals surface area contributed by atoms with Crippen LogP contribution in [-0.2, 0) is 20.3 Å². The summed E-state index contributed by atoms with van der Waals surface area (Å²) in [7, 11) is -0.760. The lowest BCUT2D eigenvalue weighted by atomic mass is 10.4. The van der Waals surface area contributed by atoms with Gasteiger partial charge in [-0.1, -0.05) is 0 Å². The molecule has 0 bridgehead atoms. The molecule has 2 unspecified atom stereocenters. The highest BCUT2D eigenvalue weighted by Gasteiger charge is 2.16. The molecular formula is C5H10O3S. The van der Waals surface area contributed by atoms with Crippen LogP contribution in [0.3, 0.4) is 0 Å². The number of rotatable bonds is 2. The standard InChI is InChI=1S/C5H10O3S/c1-9(6)3-5-2-7-4-8-5/h5H,2-4H2,1H3. The van der Waals surface area contributed by atoms with Crippen LogP contribution >= 0.6 is 0 Å². The molecule has 0 saturated carbocycles. The van der Waals surface area contributed by atoms with Gasteiger partial charge in [0, 0.05) is 17.1 Å². The molecule has 9 heavy (non-hydrogen) atoms. The summed E-state index contributed by atoms with van der Waals surface area (Å²) in [6.07, 6.45) is 1.73. The first-order valence-electron chi connectivity index (χ1n) is 2.78. The zero-order valence-electron chi connectivity index (χ0n) is 5.33. The van der Waals surface area contributed by atoms with Gasteiger partial charge in [0.25, 0.3) is 0 Å². The van der Waals surface area contributed by atoms with Crippen LogP contribution in [0.4, 0.5) is 0 Å². The van der Waals surface area contributed by atoms with E-state index in [1.165, 1.54) is 0 Å². The first kappa shape index (κ1) is 7.18. The van der Waals surface area contributed by atoms with Crippen molar-refractivity contribution < 1.29 is 13.7 Å². The zero-order chi connectivity index (χ0) is 6.69. The third kappa shape index (κ3) is 2.43. The molecule has 4 heteroatoms. The Morgan fingerprint density at radius 1 is 1.78 bits per heavy atom. The van der Waals surface area contributed by atoms with Gasteiger partial charge in [0.1, 0.15) is 6.79 Å². The Hall–Kier alpha value is 0.0700. The van der Waals surface area contributed by atoms with Crippen LogP contribution in [0.25, 0.3) is 0 Å². The summed E-state index contributed by atoms with van der Waals surface area (Å²) in [5, 5.41) is 0. The second-order valence-electron chi connectivity index (χ2n) is 2.02. The summed E-state index contributed by atoms with van der Waals surface area (Å²) in [6, 6.07) is 0. The van der Waals surface area contributed by atoms with Crippen LogP contribution in [-0.4, -0.2) is 35.7 Å². The molecule has 1 aliphatic rings. The minimum atomic E-state index is -0.760. The highest BCUT2D eigenvalue weighted by atomic mass is 32.2. The van der Waals surface area contributed by atoms with Crippen molar-refractivity contribution in [3.63, 3.8) is 0 Å². The highest BCUT2D eigenvalue weighted by Crippen LogP contribution is 2.02. The van der Waals surface area contributed by atoms with Crippen molar-refractivity contribution in [2.45, 2.75) is 6.10 Å². The first-order valence-corrected chi connectivity index (χ1v) is 4.51. The summed E-state index contributed by atoms with van der Waals surface area (Å²) < 4.78 is 20.5. The van der Waals surface area contributed by atoms with E-state index >= 15 is 0 Å². The molecule has 3 nitrogen and oxygen atoms in total. The Kier molecular flexibility index (Phi) is 2.63. The summed E-state index contributed by atoms with van der Waals surface area (Å²) in [6.45, 7) is 0.960. The fraction of sp³-hybridized carbons (Fsp3) is 1.00. The Morgan fingerprint density at radius 2 is 2.56 bits per heavy atom. The van der Waals surface area contributed by atoms with Crippen molar-refractivity contribution in [1.29, 1.82) is 0 Å². The van der Waals surface area contributed by atoms with Gasteiger partial charge in [-0.05, 0) is 0 Å². The van der Waals surface area contributed by atoms with Crippen molar-refractivity contribution in [2.75, 3.05) is 25.4 Å². The van der Waals surface area contributed by atoms with Crippen molar-refractivity contribution >= 4 is 10.8 Å². The van der Waals surface area contributed by atoms with E-state index in [0.29, 0.717) is 19.2 Å². The molecule has 1 fully saturated rings. The average Bonchev–Trinajstić information content (AvgIpc) is 2.15. The second-order valence-corrected chi connectivity index (χ2v) is 3.50. The van der Waals surface area contributed by atoms with Crippen LogP contribution < -0.4 is 0 Å². The predicted molar refractivity (Wildman–Crippen MR) is 34.6 cm³/mol. The summed E-state index contributed by atoms with van der Waals surface area (Å²) in [4.78, 5) is 0. The van der Waals surface area contributed by atoms with Gasteiger partial charge in [-0.2, -0.15) is 0 Å². The van der Waals surface area contributed by atoms with E-state index in [4.69, 9.17) is 9.47 Å². The third-order valence-corrected chi connectivity index (χ3v) is 1.95. The van der Waals surface area contributed by atoms with E-state index < -0.39 is 10.8 Å². The van der Waals surface area contributed by atoms with E-state index in [1.807, 2.05) is 0 Å². The van der Waals surface area contributed by atoms with Gasteiger partial charge in [0.05, 0.1) is 18.5 Å². The van der Waals surface area contributed by atoms with E-state index in [2.05, 4.69) is 0 Å². The lowest BCUT2D eigenvalue weighted by molar-refractivity contribution is 0.0523. The van der Waals surface area contributed by atoms with Gasteiger partial charge < -0.3 is 9.47 Å². The van der Waals surface area contributed by atoms with Gasteiger partial charge in [0.2, 0.25) is 0 Å². The minimum absolute atomic E-state index is 0.0656. The zero-order valence-corrected chi connectivity index (χ0v) is 6.15. The Balaban J connectivity index is 2.19. The van der Waals surface area contributed by atoms with Crippen molar-refractivity contribution in [1.82, 2.24) is 0 Å². The molecule has 0 spiro atoms. The normalized spacial score (nSPS) is 30.6. The maximum Gasteiger partial charge on any atom is 0.147 e. The van der Waals surface area contributed by atoms with Crippen LogP contribution in [0.5, 0.6) is 0 Å². The molecule has 0 radical (unpaired) electrons. The molecule has 0 aromatic rings. The molecule has 1 aliphatic heterocycles. The third-order valence-electron chi connectivity index (χ3n) is 1.11. The van der Waals surface area contributed by atoms with Crippen LogP contribution in [0, 0.1) is 0 Å². The highest BCUT2D eigenvalue weighted by molar-refractivity contribution is 7.84. The summed E-state index contributed by atoms with van der Waals surface area (Å²) >= 11 is 0. The molecule has 1 saturated heterocycles. The van der Waals surface area contributed by atoms with Crippen LogP contribution in [0.15, 0.2) is 0 Å². The molecule has 0 aliphatic carbocycles. The number of hydrogen-bond donors (Lipinski definition) is 0. The van der Waals surface area contributed by atoms with Crippen LogP contribution in [0.2, 0.25) is 0 Å². The topological polar surface area (TPSA) is 35.5 Å². The molecule has 0 amide bonds. The molecule has 1 heterocycles. The fourth-order valence-electron chi connectivity index (χ4n) is 0.730. The first-order chi connectivity index (χ1) is 4.29.